The largest absolute Gasteiger partial charge is 0.344 e. The van der Waals surface area contributed by atoms with Crippen molar-refractivity contribution in [2.45, 2.75) is 70.0 Å². The SMILES string of the molecule is C[C@H](N)C(=O)N1CCC[C@H]1C(=O)N[C@@H](C)C(=O)N[C@@H](CCCNC(N)N)C(=O)I. The summed E-state index contributed by atoms with van der Waals surface area (Å²) in [6.07, 6.45) is 1.57. The van der Waals surface area contributed by atoms with E-state index in [1.54, 1.807) is 29.5 Å². The van der Waals surface area contributed by atoms with Gasteiger partial charge in [-0.15, -0.1) is 0 Å². The maximum Gasteiger partial charge on any atom is 0.243 e. The number of halogens is 1. The molecule has 9 N–H and O–H groups in total. The van der Waals surface area contributed by atoms with Crippen molar-refractivity contribution >= 4 is 44.1 Å². The first kappa shape index (κ1) is 25.7. The van der Waals surface area contributed by atoms with Gasteiger partial charge in [-0.3, -0.25) is 24.5 Å². The van der Waals surface area contributed by atoms with Crippen LogP contribution in [0, 0.1) is 0 Å². The smallest absolute Gasteiger partial charge is 0.243 e. The molecule has 0 aromatic rings. The molecule has 0 aliphatic carbocycles. The fourth-order valence-corrected chi connectivity index (χ4v) is 3.52. The van der Waals surface area contributed by atoms with Gasteiger partial charge in [0.25, 0.3) is 0 Å². The topological polar surface area (TPSA) is 186 Å². The van der Waals surface area contributed by atoms with E-state index in [1.807, 2.05) is 0 Å². The number of carbonyl (C=O) groups excluding carboxylic acids is 4. The Bertz CT molecular complexity index is 602. The summed E-state index contributed by atoms with van der Waals surface area (Å²) in [6.45, 7) is 4.07. The predicted molar refractivity (Wildman–Crippen MR) is 116 cm³/mol. The van der Waals surface area contributed by atoms with Gasteiger partial charge in [-0.05, 0) is 46.1 Å². The molecule has 1 fully saturated rings. The lowest BCUT2D eigenvalue weighted by Gasteiger charge is -2.27. The Labute approximate surface area is 184 Å². The normalized spacial score (nSPS) is 19.6. The summed E-state index contributed by atoms with van der Waals surface area (Å²) >= 11 is 1.63. The number of rotatable bonds is 11. The summed E-state index contributed by atoms with van der Waals surface area (Å²) in [5.41, 5.74) is 16.4. The predicted octanol–water partition coefficient (Wildman–Crippen LogP) is -2.15. The average molecular weight is 525 g/mol. The summed E-state index contributed by atoms with van der Waals surface area (Å²) in [5, 5.41) is 8.10. The highest BCUT2D eigenvalue weighted by molar-refractivity contribution is 14.1. The number of carbonyl (C=O) groups is 4. The van der Waals surface area contributed by atoms with Gasteiger partial charge in [0.2, 0.25) is 21.5 Å². The van der Waals surface area contributed by atoms with Gasteiger partial charge >= 0.3 is 0 Å². The molecule has 0 radical (unpaired) electrons. The fourth-order valence-electron chi connectivity index (χ4n) is 3.05. The summed E-state index contributed by atoms with van der Waals surface area (Å²) < 4.78 is -0.212. The standard InChI is InChI=1S/C17H32IN7O4/c1-9(19)16(29)25-8-4-6-12(25)15(28)23-10(2)14(27)24-11(13(18)26)5-3-7-22-17(20)21/h9-12,17,22H,3-8,19-21H2,1-2H3,(H,23,28)(H,24,27)/t9-,10-,11-,12-/m0/s1. The Kier molecular flexibility index (Phi) is 11.0. The zero-order valence-corrected chi connectivity index (χ0v) is 19.0. The van der Waals surface area contributed by atoms with Crippen molar-refractivity contribution in [1.29, 1.82) is 0 Å². The second kappa shape index (κ2) is 12.4. The summed E-state index contributed by atoms with van der Waals surface area (Å²) in [5.74, 6) is -1.17. The molecule has 166 valence electrons. The van der Waals surface area contributed by atoms with Crippen molar-refractivity contribution in [3.05, 3.63) is 0 Å². The summed E-state index contributed by atoms with van der Waals surface area (Å²) in [7, 11) is 0. The second-order valence-electron chi connectivity index (χ2n) is 7.20. The molecule has 0 aromatic heterocycles. The number of hydrogen-bond acceptors (Lipinski definition) is 8. The molecule has 12 heteroatoms. The quantitative estimate of drug-likeness (QED) is 0.0763. The van der Waals surface area contributed by atoms with Crippen molar-refractivity contribution in [3.63, 3.8) is 0 Å². The third-order valence-corrected chi connectivity index (χ3v) is 5.37. The molecule has 1 aliphatic heterocycles. The number of nitrogens with zero attached hydrogens (tertiary/aromatic N) is 1. The molecule has 1 aliphatic rings. The van der Waals surface area contributed by atoms with Crippen LogP contribution in [0.25, 0.3) is 0 Å². The van der Waals surface area contributed by atoms with Crippen LogP contribution in [0.1, 0.15) is 39.5 Å². The van der Waals surface area contributed by atoms with E-state index in [0.29, 0.717) is 38.8 Å². The van der Waals surface area contributed by atoms with Crippen LogP contribution in [0.15, 0.2) is 0 Å². The molecule has 1 saturated heterocycles. The number of hydrogen-bond donors (Lipinski definition) is 6. The highest BCUT2D eigenvalue weighted by Gasteiger charge is 2.36. The van der Waals surface area contributed by atoms with E-state index in [9.17, 15) is 19.2 Å². The number of nitrogens with two attached hydrogens (primary N) is 3. The minimum atomic E-state index is -0.857. The third-order valence-electron chi connectivity index (χ3n) is 4.62. The van der Waals surface area contributed by atoms with Gasteiger partial charge in [0.15, 0.2) is 0 Å². The van der Waals surface area contributed by atoms with Gasteiger partial charge in [0.05, 0.1) is 12.1 Å². The molecule has 0 aromatic carbocycles. The molecule has 3 amide bonds. The van der Waals surface area contributed by atoms with Gasteiger partial charge in [0, 0.05) is 29.1 Å². The Morgan fingerprint density at radius 1 is 1.14 bits per heavy atom. The summed E-state index contributed by atoms with van der Waals surface area (Å²) in [6, 6.07) is -2.87. The van der Waals surface area contributed by atoms with Crippen LogP contribution < -0.4 is 33.2 Å². The lowest BCUT2D eigenvalue weighted by Crippen LogP contribution is -2.55. The molecule has 0 spiro atoms. The Hall–Kier alpha value is -1.35. The van der Waals surface area contributed by atoms with Gasteiger partial charge < -0.3 is 32.7 Å². The van der Waals surface area contributed by atoms with Crippen LogP contribution in [-0.4, -0.2) is 70.0 Å². The lowest BCUT2D eigenvalue weighted by molar-refractivity contribution is -0.140. The van der Waals surface area contributed by atoms with Crippen molar-refractivity contribution in [2.75, 3.05) is 13.1 Å². The molecular formula is C17H32IN7O4. The summed E-state index contributed by atoms with van der Waals surface area (Å²) in [4.78, 5) is 50.4. The fraction of sp³-hybridized carbons (Fsp3) is 0.765. The number of likely N-dealkylation sites (tertiary alicyclic amines) is 1. The zero-order chi connectivity index (χ0) is 22.1. The molecule has 1 rings (SSSR count). The average Bonchev–Trinajstić information content (AvgIpc) is 3.12. The first-order valence-electron chi connectivity index (χ1n) is 9.65. The van der Waals surface area contributed by atoms with E-state index in [1.165, 1.54) is 11.8 Å². The number of amides is 3. The van der Waals surface area contributed by atoms with E-state index in [2.05, 4.69) is 16.0 Å². The highest BCUT2D eigenvalue weighted by atomic mass is 127. The first-order chi connectivity index (χ1) is 13.5. The first-order valence-corrected chi connectivity index (χ1v) is 10.7. The lowest BCUT2D eigenvalue weighted by atomic mass is 10.1. The molecular weight excluding hydrogens is 493 g/mol. The van der Waals surface area contributed by atoms with Crippen LogP contribution >= 0.6 is 22.6 Å². The van der Waals surface area contributed by atoms with Crippen LogP contribution in [0.4, 0.5) is 0 Å². The molecule has 0 unspecified atom stereocenters. The zero-order valence-electron chi connectivity index (χ0n) is 16.8. The van der Waals surface area contributed by atoms with E-state index in [0.717, 1.165) is 0 Å². The maximum absolute atomic E-state index is 12.6. The van der Waals surface area contributed by atoms with Gasteiger partial charge in [-0.2, -0.15) is 0 Å². The van der Waals surface area contributed by atoms with E-state index >= 15 is 0 Å². The van der Waals surface area contributed by atoms with E-state index < -0.39 is 42.3 Å². The van der Waals surface area contributed by atoms with Crippen LogP contribution in [0.3, 0.4) is 0 Å². The molecule has 4 atom stereocenters. The van der Waals surface area contributed by atoms with Crippen LogP contribution in [-0.2, 0) is 19.2 Å². The van der Waals surface area contributed by atoms with Gasteiger partial charge in [-0.25, -0.2) is 0 Å². The molecule has 11 nitrogen and oxygen atoms in total. The Morgan fingerprint density at radius 3 is 2.34 bits per heavy atom. The molecule has 0 saturated carbocycles. The van der Waals surface area contributed by atoms with Crippen LogP contribution in [0.5, 0.6) is 0 Å². The minimum Gasteiger partial charge on any atom is -0.344 e. The van der Waals surface area contributed by atoms with E-state index in [4.69, 9.17) is 17.2 Å². The Balaban J connectivity index is 2.57. The number of nitrogens with one attached hydrogen (secondary N) is 3. The minimum absolute atomic E-state index is 0.212. The van der Waals surface area contributed by atoms with Crippen molar-refractivity contribution < 1.29 is 19.2 Å². The molecule has 29 heavy (non-hydrogen) atoms. The molecule has 0 bridgehead atoms. The van der Waals surface area contributed by atoms with E-state index in [-0.39, 0.29) is 9.70 Å². The van der Waals surface area contributed by atoms with Gasteiger partial charge in [0.1, 0.15) is 18.4 Å². The second-order valence-corrected chi connectivity index (χ2v) is 8.26. The maximum atomic E-state index is 12.6. The van der Waals surface area contributed by atoms with Gasteiger partial charge in [-0.1, -0.05) is 0 Å². The van der Waals surface area contributed by atoms with Crippen molar-refractivity contribution in [3.8, 4) is 0 Å². The van der Waals surface area contributed by atoms with Crippen molar-refractivity contribution in [2.24, 2.45) is 17.2 Å². The Morgan fingerprint density at radius 2 is 1.79 bits per heavy atom. The third kappa shape index (κ3) is 8.50. The highest BCUT2D eigenvalue weighted by Crippen LogP contribution is 2.18. The van der Waals surface area contributed by atoms with Crippen molar-refractivity contribution in [1.82, 2.24) is 20.9 Å². The monoisotopic (exact) mass is 525 g/mol. The van der Waals surface area contributed by atoms with Crippen LogP contribution in [0.2, 0.25) is 0 Å². The molecule has 1 heterocycles.